The summed E-state index contributed by atoms with van der Waals surface area (Å²) >= 11 is 12.3. The number of ether oxygens (including phenoxy) is 1. The van der Waals surface area contributed by atoms with E-state index < -0.39 is 11.3 Å². The number of para-hydroxylation sites is 1. The lowest BCUT2D eigenvalue weighted by Crippen LogP contribution is -2.34. The molecule has 0 saturated heterocycles. The number of halogens is 2. The number of amides is 1. The minimum Gasteiger partial charge on any atom is -0.493 e. The normalized spacial score (nSPS) is 15.1. The van der Waals surface area contributed by atoms with Crippen LogP contribution in [-0.2, 0) is 0 Å². The van der Waals surface area contributed by atoms with Gasteiger partial charge in [-0.05, 0) is 29.8 Å². The first-order valence-electron chi connectivity index (χ1n) is 10.00. The molecule has 2 N–H and O–H groups in total. The smallest absolute Gasteiger partial charge is 0.257 e. The maximum absolute atomic E-state index is 13.2. The van der Waals surface area contributed by atoms with E-state index in [1.807, 2.05) is 24.3 Å². The summed E-state index contributed by atoms with van der Waals surface area (Å²) in [5, 5.41) is 4.21. The molecule has 4 aromatic rings. The van der Waals surface area contributed by atoms with Gasteiger partial charge in [-0.2, -0.15) is 0 Å². The van der Waals surface area contributed by atoms with Gasteiger partial charge >= 0.3 is 0 Å². The van der Waals surface area contributed by atoms with E-state index in [1.165, 1.54) is 12.4 Å². The van der Waals surface area contributed by atoms with E-state index in [9.17, 15) is 9.59 Å². The summed E-state index contributed by atoms with van der Waals surface area (Å²) < 4.78 is 5.65. The average Bonchev–Trinajstić information content (AvgIpc) is 2.78. The summed E-state index contributed by atoms with van der Waals surface area (Å²) in [6.07, 6.45) is 5.12. The largest absolute Gasteiger partial charge is 0.493 e. The van der Waals surface area contributed by atoms with E-state index in [4.69, 9.17) is 27.9 Å². The molecule has 0 bridgehead atoms. The van der Waals surface area contributed by atoms with Gasteiger partial charge in [0.05, 0.1) is 23.6 Å². The molecule has 0 unspecified atom stereocenters. The molecule has 1 aliphatic rings. The quantitative estimate of drug-likeness (QED) is 0.438. The number of benzene rings is 2. The van der Waals surface area contributed by atoms with Gasteiger partial charge in [-0.1, -0.05) is 41.4 Å². The zero-order valence-electron chi connectivity index (χ0n) is 16.7. The molecule has 1 amide bonds. The number of hydrogen-bond acceptors (Lipinski definition) is 4. The van der Waals surface area contributed by atoms with Crippen LogP contribution in [0.3, 0.4) is 0 Å². The fraction of sp³-hybridized carbons (Fsp3) is 0.125. The lowest BCUT2D eigenvalue weighted by Gasteiger charge is -2.26. The molecule has 0 aliphatic carbocycles. The van der Waals surface area contributed by atoms with Crippen LogP contribution in [0.5, 0.6) is 5.75 Å². The third-order valence-electron chi connectivity index (χ3n) is 5.48. The molecule has 8 heteroatoms. The van der Waals surface area contributed by atoms with Crippen molar-refractivity contribution in [3.8, 4) is 16.9 Å². The van der Waals surface area contributed by atoms with E-state index >= 15 is 0 Å². The molecule has 3 heterocycles. The Bertz CT molecular complexity index is 1400. The Kier molecular flexibility index (Phi) is 5.33. The Morgan fingerprint density at radius 3 is 2.72 bits per heavy atom. The number of carbonyl (C=O) groups excluding carboxylic acids is 1. The number of pyridine rings is 2. The van der Waals surface area contributed by atoms with Gasteiger partial charge in [0.2, 0.25) is 5.43 Å². The maximum Gasteiger partial charge on any atom is 0.257 e. The molecule has 0 radical (unpaired) electrons. The maximum atomic E-state index is 13.2. The summed E-state index contributed by atoms with van der Waals surface area (Å²) in [4.78, 5) is 33.5. The number of aromatic nitrogens is 2. The number of H-pyrrole nitrogens is 1. The minimum atomic E-state index is -0.453. The van der Waals surface area contributed by atoms with Crippen molar-refractivity contribution < 1.29 is 9.53 Å². The lowest BCUT2D eigenvalue weighted by atomic mass is 10.00. The third-order valence-corrected chi connectivity index (χ3v) is 5.91. The van der Waals surface area contributed by atoms with E-state index in [0.717, 1.165) is 11.3 Å². The fourth-order valence-corrected chi connectivity index (χ4v) is 4.49. The fourth-order valence-electron chi connectivity index (χ4n) is 3.97. The van der Waals surface area contributed by atoms with Gasteiger partial charge in [0, 0.05) is 46.2 Å². The van der Waals surface area contributed by atoms with Crippen LogP contribution in [-0.4, -0.2) is 22.5 Å². The monoisotopic (exact) mass is 465 g/mol. The third kappa shape index (κ3) is 3.72. The van der Waals surface area contributed by atoms with Gasteiger partial charge in [0.1, 0.15) is 11.3 Å². The molecule has 2 aromatic heterocycles. The van der Waals surface area contributed by atoms with Crippen molar-refractivity contribution in [1.82, 2.24) is 15.3 Å². The Morgan fingerprint density at radius 1 is 1.12 bits per heavy atom. The summed E-state index contributed by atoms with van der Waals surface area (Å²) in [6, 6.07) is 12.4. The van der Waals surface area contributed by atoms with Gasteiger partial charge < -0.3 is 15.0 Å². The van der Waals surface area contributed by atoms with Crippen LogP contribution >= 0.6 is 23.2 Å². The Morgan fingerprint density at radius 2 is 1.91 bits per heavy atom. The second-order valence-electron chi connectivity index (χ2n) is 7.50. The predicted molar refractivity (Wildman–Crippen MR) is 125 cm³/mol. The Balaban J connectivity index is 1.52. The number of aromatic amines is 1. The van der Waals surface area contributed by atoms with Crippen LogP contribution in [0.1, 0.15) is 28.4 Å². The zero-order valence-corrected chi connectivity index (χ0v) is 18.2. The SMILES string of the molecule is O=C(N[C@H]1CCOc2ccccc21)c1c[nH]c2c(-c3cc(Cl)cc(Cl)c3)cncc2c1=O. The molecule has 0 spiro atoms. The highest BCUT2D eigenvalue weighted by Gasteiger charge is 2.24. The first-order chi connectivity index (χ1) is 15.5. The highest BCUT2D eigenvalue weighted by Crippen LogP contribution is 2.32. The van der Waals surface area contributed by atoms with Crippen LogP contribution in [0.2, 0.25) is 10.0 Å². The number of carbonyl (C=O) groups is 1. The first kappa shape index (κ1) is 20.5. The van der Waals surface area contributed by atoms with Gasteiger partial charge in [-0.15, -0.1) is 0 Å². The van der Waals surface area contributed by atoms with Crippen molar-refractivity contribution in [3.63, 3.8) is 0 Å². The zero-order chi connectivity index (χ0) is 22.2. The summed E-state index contributed by atoms with van der Waals surface area (Å²) in [5.74, 6) is 0.288. The standard InChI is InChI=1S/C24H17Cl2N3O3/c25-14-7-13(8-15(26)9-14)17-10-27-11-18-22(17)28-12-19(23(18)30)24(31)29-20-5-6-32-21-4-2-1-3-16(20)21/h1-4,7-12,20H,5-6H2,(H,28,30)(H,29,31)/t20-/m0/s1. The highest BCUT2D eigenvalue weighted by molar-refractivity contribution is 6.35. The Hall–Kier alpha value is -3.35. The summed E-state index contributed by atoms with van der Waals surface area (Å²) in [7, 11) is 0. The van der Waals surface area contributed by atoms with Crippen LogP contribution in [0, 0.1) is 0 Å². The summed E-state index contributed by atoms with van der Waals surface area (Å²) in [5.41, 5.74) is 2.44. The number of rotatable bonds is 3. The minimum absolute atomic E-state index is 0.0181. The second-order valence-corrected chi connectivity index (χ2v) is 8.37. The molecule has 0 saturated carbocycles. The van der Waals surface area contributed by atoms with Crippen molar-refractivity contribution in [3.05, 3.63) is 92.5 Å². The Labute approximate surface area is 193 Å². The average molecular weight is 466 g/mol. The molecule has 2 aromatic carbocycles. The molecule has 1 atom stereocenters. The van der Waals surface area contributed by atoms with Gasteiger partial charge in [-0.25, -0.2) is 0 Å². The van der Waals surface area contributed by atoms with E-state index in [-0.39, 0.29) is 11.6 Å². The van der Waals surface area contributed by atoms with Crippen LogP contribution in [0.15, 0.2) is 65.8 Å². The number of hydrogen-bond donors (Lipinski definition) is 2. The number of nitrogens with zero attached hydrogens (tertiary/aromatic N) is 1. The molecule has 0 fully saturated rings. The van der Waals surface area contributed by atoms with E-state index in [0.29, 0.717) is 45.1 Å². The van der Waals surface area contributed by atoms with E-state index in [1.54, 1.807) is 24.4 Å². The van der Waals surface area contributed by atoms with Crippen LogP contribution in [0.4, 0.5) is 0 Å². The molecular formula is C24H17Cl2N3O3. The van der Waals surface area contributed by atoms with Gasteiger partial charge in [0.25, 0.3) is 5.91 Å². The van der Waals surface area contributed by atoms with Crippen molar-refractivity contribution in [2.24, 2.45) is 0 Å². The van der Waals surface area contributed by atoms with Crippen molar-refractivity contribution >= 4 is 40.0 Å². The molecular weight excluding hydrogens is 449 g/mol. The van der Waals surface area contributed by atoms with Crippen LogP contribution in [0.25, 0.3) is 22.0 Å². The summed E-state index contributed by atoms with van der Waals surface area (Å²) in [6.45, 7) is 0.492. The number of nitrogens with one attached hydrogen (secondary N) is 2. The second kappa shape index (κ2) is 8.30. The van der Waals surface area contributed by atoms with Crippen molar-refractivity contribution in [2.45, 2.75) is 12.5 Å². The van der Waals surface area contributed by atoms with Gasteiger partial charge in [-0.3, -0.25) is 14.6 Å². The topological polar surface area (TPSA) is 84.1 Å². The van der Waals surface area contributed by atoms with E-state index in [2.05, 4.69) is 15.3 Å². The molecule has 6 nitrogen and oxygen atoms in total. The highest BCUT2D eigenvalue weighted by atomic mass is 35.5. The lowest BCUT2D eigenvalue weighted by molar-refractivity contribution is 0.0923. The van der Waals surface area contributed by atoms with Crippen LogP contribution < -0.4 is 15.5 Å². The number of fused-ring (bicyclic) bond motifs is 2. The van der Waals surface area contributed by atoms with Crippen molar-refractivity contribution in [1.29, 1.82) is 0 Å². The molecule has 1 aliphatic heterocycles. The molecule has 160 valence electrons. The predicted octanol–water partition coefficient (Wildman–Crippen LogP) is 5.15. The molecule has 5 rings (SSSR count). The molecule has 32 heavy (non-hydrogen) atoms. The van der Waals surface area contributed by atoms with Crippen molar-refractivity contribution in [2.75, 3.05) is 6.61 Å². The first-order valence-corrected chi connectivity index (χ1v) is 10.8. The van der Waals surface area contributed by atoms with Gasteiger partial charge in [0.15, 0.2) is 0 Å².